The van der Waals surface area contributed by atoms with Gasteiger partial charge < -0.3 is 15.3 Å². The van der Waals surface area contributed by atoms with Crippen LogP contribution in [0.1, 0.15) is 65.4 Å². The van der Waals surface area contributed by atoms with Crippen LogP contribution in [0, 0.1) is 22.7 Å². The number of halogens is 2. The highest BCUT2D eigenvalue weighted by Gasteiger charge is 2.38. The summed E-state index contributed by atoms with van der Waals surface area (Å²) in [5.74, 6) is 0.272. The lowest BCUT2D eigenvalue weighted by Gasteiger charge is -2.25. The van der Waals surface area contributed by atoms with Crippen molar-refractivity contribution in [3.8, 4) is 6.07 Å². The van der Waals surface area contributed by atoms with Gasteiger partial charge in [-0.25, -0.2) is 0 Å². The summed E-state index contributed by atoms with van der Waals surface area (Å²) in [6, 6.07) is 20.5. The van der Waals surface area contributed by atoms with Gasteiger partial charge in [-0.2, -0.15) is 5.26 Å². The van der Waals surface area contributed by atoms with Crippen LogP contribution >= 0.6 is 23.2 Å². The molecular formula is C31H45Cl2N3O. The fourth-order valence-electron chi connectivity index (χ4n) is 4.62. The van der Waals surface area contributed by atoms with Crippen molar-refractivity contribution in [2.75, 3.05) is 19.7 Å². The van der Waals surface area contributed by atoms with E-state index in [4.69, 9.17) is 28.3 Å². The van der Waals surface area contributed by atoms with E-state index >= 15 is 0 Å². The summed E-state index contributed by atoms with van der Waals surface area (Å²) < 4.78 is 0. The van der Waals surface area contributed by atoms with Gasteiger partial charge in [-0.1, -0.05) is 94.7 Å². The van der Waals surface area contributed by atoms with E-state index < -0.39 is 0 Å². The van der Waals surface area contributed by atoms with Gasteiger partial charge in [0.2, 0.25) is 0 Å². The lowest BCUT2D eigenvalue weighted by Crippen LogP contribution is -2.31. The van der Waals surface area contributed by atoms with Gasteiger partial charge in [0, 0.05) is 35.1 Å². The van der Waals surface area contributed by atoms with Crippen LogP contribution in [0.5, 0.6) is 0 Å². The van der Waals surface area contributed by atoms with Gasteiger partial charge in [0.1, 0.15) is 0 Å². The van der Waals surface area contributed by atoms with Crippen LogP contribution in [0.15, 0.2) is 67.4 Å². The molecule has 2 heterocycles. The van der Waals surface area contributed by atoms with Gasteiger partial charge in [-0.3, -0.25) is 0 Å². The van der Waals surface area contributed by atoms with Crippen LogP contribution in [-0.2, 0) is 0 Å². The molecule has 204 valence electrons. The smallest absolute Gasteiger partial charge is 0.0697 e. The standard InChI is InChI=1S/C16H21ClN2.C7H13NO.C6H5Cl.C2H6/c1-16(2,3)8-15-13(9-18)14(10-19-15)11-5-4-6-12(17)7-11;1-2-8-5-3-4-7(8)6-9;7-6-4-2-1-3-5-6;1-2/h4-7,13-15,19H,8,10H2,1-3H3;2,7,9H,1,3-6H2;1-5H;1-2H3. The molecule has 4 rings (SSSR count). The van der Waals surface area contributed by atoms with Crippen molar-refractivity contribution < 1.29 is 5.11 Å². The van der Waals surface area contributed by atoms with Gasteiger partial charge in [-0.05, 0) is 60.7 Å². The number of nitriles is 1. The molecule has 0 saturated carbocycles. The van der Waals surface area contributed by atoms with E-state index in [9.17, 15) is 5.26 Å². The molecule has 37 heavy (non-hydrogen) atoms. The maximum Gasteiger partial charge on any atom is 0.0697 e. The molecule has 4 nitrogen and oxygen atoms in total. The Hall–Kier alpha value is -2.03. The van der Waals surface area contributed by atoms with Crippen molar-refractivity contribution in [3.05, 3.63) is 83.0 Å². The summed E-state index contributed by atoms with van der Waals surface area (Å²) in [6.45, 7) is 16.5. The molecule has 0 radical (unpaired) electrons. The number of benzene rings is 2. The summed E-state index contributed by atoms with van der Waals surface area (Å²) in [5.41, 5.74) is 1.40. The van der Waals surface area contributed by atoms with E-state index in [0.29, 0.717) is 6.04 Å². The number of aliphatic hydroxyl groups is 1. The van der Waals surface area contributed by atoms with Crippen LogP contribution in [0.3, 0.4) is 0 Å². The van der Waals surface area contributed by atoms with E-state index in [1.165, 1.54) is 12.0 Å². The molecule has 0 amide bonds. The molecule has 2 aromatic carbocycles. The number of nitrogens with zero attached hydrogens (tertiary/aromatic N) is 2. The fraction of sp³-hybridized carbons (Fsp3) is 0.516. The molecule has 0 spiro atoms. The average Bonchev–Trinajstić information content (AvgIpc) is 3.51. The van der Waals surface area contributed by atoms with Crippen LogP contribution in [0.2, 0.25) is 10.0 Å². The predicted octanol–water partition coefficient (Wildman–Crippen LogP) is 7.92. The first-order valence-corrected chi connectivity index (χ1v) is 14.0. The zero-order chi connectivity index (χ0) is 27.8. The van der Waals surface area contributed by atoms with Gasteiger partial charge in [-0.15, -0.1) is 0 Å². The number of aliphatic hydroxyl groups excluding tert-OH is 1. The van der Waals surface area contributed by atoms with E-state index in [1.807, 2.05) is 68.6 Å². The minimum Gasteiger partial charge on any atom is -0.394 e. The number of nitrogens with one attached hydrogen (secondary N) is 1. The summed E-state index contributed by atoms with van der Waals surface area (Å²) in [6.07, 6.45) is 5.13. The maximum absolute atomic E-state index is 9.51. The lowest BCUT2D eigenvalue weighted by molar-refractivity contribution is 0.196. The molecule has 2 N–H and O–H groups in total. The molecule has 2 aliphatic heterocycles. The van der Waals surface area contributed by atoms with Crippen molar-refractivity contribution in [1.82, 2.24) is 10.2 Å². The topological polar surface area (TPSA) is 59.3 Å². The Morgan fingerprint density at radius 1 is 1.11 bits per heavy atom. The number of rotatable bonds is 4. The Morgan fingerprint density at radius 3 is 2.22 bits per heavy atom. The van der Waals surface area contributed by atoms with Gasteiger partial charge in [0.05, 0.1) is 24.6 Å². The summed E-state index contributed by atoms with van der Waals surface area (Å²) in [4.78, 5) is 2.10. The van der Waals surface area contributed by atoms with E-state index in [-0.39, 0.29) is 29.9 Å². The normalized spacial score (nSPS) is 22.3. The summed E-state index contributed by atoms with van der Waals surface area (Å²) in [7, 11) is 0. The Kier molecular flexibility index (Phi) is 15.6. The first-order valence-electron chi connectivity index (χ1n) is 13.3. The second-order valence-corrected chi connectivity index (χ2v) is 11.2. The highest BCUT2D eigenvalue weighted by atomic mass is 35.5. The van der Waals surface area contributed by atoms with E-state index in [0.717, 1.165) is 36.0 Å². The van der Waals surface area contributed by atoms with Crippen molar-refractivity contribution in [2.45, 2.75) is 71.9 Å². The molecular weight excluding hydrogens is 501 g/mol. The minimum atomic E-state index is 0.0256. The monoisotopic (exact) mass is 545 g/mol. The fourth-order valence-corrected chi connectivity index (χ4v) is 4.97. The van der Waals surface area contributed by atoms with E-state index in [2.05, 4.69) is 49.7 Å². The quantitative estimate of drug-likeness (QED) is 0.409. The van der Waals surface area contributed by atoms with Crippen molar-refractivity contribution >= 4 is 23.2 Å². The largest absolute Gasteiger partial charge is 0.394 e. The molecule has 0 aliphatic carbocycles. The number of hydrogen-bond donors (Lipinski definition) is 2. The summed E-state index contributed by atoms with van der Waals surface area (Å²) in [5, 5.41) is 23.3. The minimum absolute atomic E-state index is 0.0256. The summed E-state index contributed by atoms with van der Waals surface area (Å²) >= 11 is 11.6. The third-order valence-electron chi connectivity index (χ3n) is 6.33. The molecule has 0 bridgehead atoms. The van der Waals surface area contributed by atoms with Crippen molar-refractivity contribution in [1.29, 1.82) is 5.26 Å². The molecule has 4 atom stereocenters. The van der Waals surface area contributed by atoms with Crippen molar-refractivity contribution in [3.63, 3.8) is 0 Å². The highest BCUT2D eigenvalue weighted by Crippen LogP contribution is 2.37. The molecule has 2 fully saturated rings. The van der Waals surface area contributed by atoms with Crippen LogP contribution in [0.25, 0.3) is 0 Å². The third kappa shape index (κ3) is 11.9. The average molecular weight is 547 g/mol. The number of hydrogen-bond acceptors (Lipinski definition) is 4. The Bertz CT molecular complexity index is 939. The maximum atomic E-state index is 9.51. The Morgan fingerprint density at radius 2 is 1.76 bits per heavy atom. The second kappa shape index (κ2) is 17.5. The van der Waals surface area contributed by atoms with Crippen LogP contribution in [-0.4, -0.2) is 41.8 Å². The lowest BCUT2D eigenvalue weighted by atomic mass is 9.79. The zero-order valence-electron chi connectivity index (χ0n) is 23.1. The molecule has 4 unspecified atom stereocenters. The molecule has 2 saturated heterocycles. The zero-order valence-corrected chi connectivity index (χ0v) is 24.6. The second-order valence-electron chi connectivity index (χ2n) is 10.3. The molecule has 0 aromatic heterocycles. The molecule has 2 aromatic rings. The Balaban J connectivity index is 0.000000313. The van der Waals surface area contributed by atoms with Gasteiger partial charge >= 0.3 is 0 Å². The molecule has 6 heteroatoms. The first-order chi connectivity index (χ1) is 17.7. The van der Waals surface area contributed by atoms with Gasteiger partial charge in [0.25, 0.3) is 0 Å². The highest BCUT2D eigenvalue weighted by molar-refractivity contribution is 6.30. The third-order valence-corrected chi connectivity index (χ3v) is 6.81. The number of likely N-dealkylation sites (tertiary alicyclic amines) is 1. The van der Waals surface area contributed by atoms with Gasteiger partial charge in [0.15, 0.2) is 0 Å². The molecule has 2 aliphatic rings. The Labute approximate surface area is 235 Å². The predicted molar refractivity (Wildman–Crippen MR) is 159 cm³/mol. The first kappa shape index (κ1) is 33.0. The van der Waals surface area contributed by atoms with E-state index in [1.54, 1.807) is 0 Å². The van der Waals surface area contributed by atoms with Crippen LogP contribution in [0.4, 0.5) is 0 Å². The van der Waals surface area contributed by atoms with Crippen LogP contribution < -0.4 is 5.32 Å². The SMILES string of the molecule is C=CN1CCCC1CO.CC.CC(C)(C)CC1NCC(c2cccc(Cl)c2)C1C#N.Clc1ccccc1. The van der Waals surface area contributed by atoms with Crippen molar-refractivity contribution in [2.24, 2.45) is 11.3 Å².